The molecule has 0 bridgehead atoms. The zero-order valence-corrected chi connectivity index (χ0v) is 17.5. The minimum Gasteiger partial charge on any atom is -0.383 e. The lowest BCUT2D eigenvalue weighted by Crippen LogP contribution is -2.08. The number of aromatic amines is 1. The van der Waals surface area contributed by atoms with Crippen molar-refractivity contribution < 1.29 is 18.0 Å². The van der Waals surface area contributed by atoms with E-state index in [1.807, 2.05) is 25.1 Å². The Morgan fingerprint density at radius 1 is 1.22 bits per heavy atom. The van der Waals surface area contributed by atoms with Gasteiger partial charge in [-0.25, -0.2) is 9.67 Å². The second-order valence-electron chi connectivity index (χ2n) is 7.46. The molecule has 0 radical (unpaired) electrons. The molecule has 10 heteroatoms. The van der Waals surface area contributed by atoms with Gasteiger partial charge in [-0.05, 0) is 66.2 Å². The van der Waals surface area contributed by atoms with Gasteiger partial charge in [0, 0.05) is 16.9 Å². The highest BCUT2D eigenvalue weighted by molar-refractivity contribution is 8.00. The van der Waals surface area contributed by atoms with Crippen LogP contribution in [0, 0.1) is 6.92 Å². The number of Topliss-reactive ketones (excluding diaryl/α,β-unsaturated/α-hetero) is 1. The van der Waals surface area contributed by atoms with Crippen LogP contribution in [0.4, 0.5) is 19.0 Å². The topological polar surface area (TPSA) is 89.6 Å². The van der Waals surface area contributed by atoms with Gasteiger partial charge in [-0.2, -0.15) is 18.3 Å². The Morgan fingerprint density at radius 2 is 2.03 bits per heavy atom. The van der Waals surface area contributed by atoms with Crippen molar-refractivity contribution >= 4 is 40.5 Å². The average molecular weight is 455 g/mol. The summed E-state index contributed by atoms with van der Waals surface area (Å²) in [6, 6.07) is 9.97. The first-order valence-corrected chi connectivity index (χ1v) is 10.4. The smallest absolute Gasteiger partial charge is 0.383 e. The number of nitrogen functional groups attached to an aromatic ring is 1. The maximum absolute atomic E-state index is 13.1. The van der Waals surface area contributed by atoms with Crippen molar-refractivity contribution in [1.82, 2.24) is 19.7 Å². The van der Waals surface area contributed by atoms with E-state index in [1.165, 1.54) is 23.0 Å². The summed E-state index contributed by atoms with van der Waals surface area (Å²) < 4.78 is 39.5. The number of halogens is 3. The summed E-state index contributed by atoms with van der Waals surface area (Å²) in [4.78, 5) is 20.7. The van der Waals surface area contributed by atoms with E-state index in [0.717, 1.165) is 22.4 Å². The van der Waals surface area contributed by atoms with Crippen LogP contribution in [0.3, 0.4) is 0 Å². The number of rotatable bonds is 4. The minimum absolute atomic E-state index is 0.0815. The molecule has 3 N–H and O–H groups in total. The van der Waals surface area contributed by atoms with E-state index < -0.39 is 5.51 Å². The fourth-order valence-corrected chi connectivity index (χ4v) is 4.41. The molecule has 0 saturated heterocycles. The van der Waals surface area contributed by atoms with Crippen LogP contribution in [-0.2, 0) is 6.42 Å². The summed E-state index contributed by atoms with van der Waals surface area (Å²) >= 11 is -0.176. The quantitative estimate of drug-likeness (QED) is 0.331. The molecular formula is C22H16F3N5OS. The Kier molecular flexibility index (Phi) is 4.63. The highest BCUT2D eigenvalue weighted by atomic mass is 32.2. The second kappa shape index (κ2) is 7.27. The number of H-pyrrole nitrogens is 1. The van der Waals surface area contributed by atoms with Crippen LogP contribution in [-0.4, -0.2) is 31.0 Å². The van der Waals surface area contributed by atoms with Crippen LogP contribution in [0.15, 0.2) is 53.1 Å². The van der Waals surface area contributed by atoms with E-state index in [4.69, 9.17) is 5.73 Å². The van der Waals surface area contributed by atoms with E-state index in [1.54, 1.807) is 12.1 Å². The number of imidazole rings is 1. The molecule has 0 fully saturated rings. The van der Waals surface area contributed by atoms with Crippen LogP contribution in [0.25, 0.3) is 22.8 Å². The molecule has 0 spiro atoms. The van der Waals surface area contributed by atoms with Crippen molar-refractivity contribution in [1.29, 1.82) is 0 Å². The van der Waals surface area contributed by atoms with E-state index in [9.17, 15) is 18.0 Å². The van der Waals surface area contributed by atoms with Gasteiger partial charge in [-0.1, -0.05) is 6.07 Å². The lowest BCUT2D eigenvalue weighted by Gasteiger charge is -2.07. The molecule has 162 valence electrons. The number of nitrogens with zero attached hydrogens (tertiary/aromatic N) is 3. The number of carbonyl (C=O) groups excluding carboxylic acids is 1. The molecule has 0 unspecified atom stereocenters. The second-order valence-corrected chi connectivity index (χ2v) is 8.60. The monoisotopic (exact) mass is 455 g/mol. The molecule has 0 amide bonds. The van der Waals surface area contributed by atoms with Gasteiger partial charge in [0.05, 0.1) is 28.5 Å². The van der Waals surface area contributed by atoms with Crippen molar-refractivity contribution in [3.05, 3.63) is 70.7 Å². The number of nitrogens with one attached hydrogen (secondary N) is 1. The average Bonchev–Trinajstić information content (AvgIpc) is 3.40. The third kappa shape index (κ3) is 3.66. The van der Waals surface area contributed by atoms with Crippen molar-refractivity contribution in [2.24, 2.45) is 0 Å². The van der Waals surface area contributed by atoms with Gasteiger partial charge in [-0.3, -0.25) is 4.79 Å². The van der Waals surface area contributed by atoms with Gasteiger partial charge in [-0.15, -0.1) is 0 Å². The lowest BCUT2D eigenvalue weighted by atomic mass is 10.0. The molecule has 0 saturated carbocycles. The Morgan fingerprint density at radius 3 is 2.81 bits per heavy atom. The number of alkyl halides is 3. The molecule has 32 heavy (non-hydrogen) atoms. The summed E-state index contributed by atoms with van der Waals surface area (Å²) in [5, 5.41) is 4.28. The predicted molar refractivity (Wildman–Crippen MR) is 117 cm³/mol. The number of benzene rings is 2. The number of allylic oxidation sites excluding steroid dienone is 1. The maximum Gasteiger partial charge on any atom is 0.446 e. The number of fused-ring (bicyclic) bond motifs is 2. The SMILES string of the molecule is Cc1nc2ccc(-n3ncc(C(=O)C4=Cc5cc(SC(F)(F)F)ccc5C4)c3N)cc2[nH]1. The van der Waals surface area contributed by atoms with Crippen LogP contribution in [0.5, 0.6) is 0 Å². The molecule has 6 nitrogen and oxygen atoms in total. The summed E-state index contributed by atoms with van der Waals surface area (Å²) in [6.45, 7) is 1.86. The van der Waals surface area contributed by atoms with Gasteiger partial charge in [0.1, 0.15) is 11.6 Å². The van der Waals surface area contributed by atoms with Crippen LogP contribution in [0.2, 0.25) is 0 Å². The fraction of sp³-hybridized carbons (Fsp3) is 0.136. The van der Waals surface area contributed by atoms with Crippen molar-refractivity contribution in [2.75, 3.05) is 5.73 Å². The molecular weight excluding hydrogens is 439 g/mol. The first-order chi connectivity index (χ1) is 15.2. The first kappa shape index (κ1) is 20.4. The predicted octanol–water partition coefficient (Wildman–Crippen LogP) is 5.07. The summed E-state index contributed by atoms with van der Waals surface area (Å²) in [5.41, 5.74) is 6.30. The Bertz CT molecular complexity index is 1420. The minimum atomic E-state index is -4.36. The number of anilines is 1. The molecule has 2 heterocycles. The maximum atomic E-state index is 13.1. The third-order valence-corrected chi connectivity index (χ3v) is 5.95. The van der Waals surface area contributed by atoms with Gasteiger partial charge in [0.2, 0.25) is 0 Å². The number of ketones is 1. The summed E-state index contributed by atoms with van der Waals surface area (Å²) in [6.07, 6.45) is 3.36. The van der Waals surface area contributed by atoms with Crippen LogP contribution >= 0.6 is 11.8 Å². The summed E-state index contributed by atoms with van der Waals surface area (Å²) in [5.74, 6) is 0.676. The highest BCUT2D eigenvalue weighted by Crippen LogP contribution is 2.39. The number of thioether (sulfide) groups is 1. The van der Waals surface area contributed by atoms with E-state index in [2.05, 4.69) is 15.1 Å². The molecule has 5 rings (SSSR count). The van der Waals surface area contributed by atoms with E-state index in [0.29, 0.717) is 23.2 Å². The van der Waals surface area contributed by atoms with Crippen LogP contribution < -0.4 is 5.73 Å². The zero-order valence-electron chi connectivity index (χ0n) is 16.7. The Balaban J connectivity index is 1.43. The zero-order chi connectivity index (χ0) is 22.6. The molecule has 0 atom stereocenters. The van der Waals surface area contributed by atoms with Gasteiger partial charge >= 0.3 is 5.51 Å². The van der Waals surface area contributed by atoms with E-state index >= 15 is 0 Å². The molecule has 2 aromatic carbocycles. The standard InChI is InChI=1S/C22H16F3N5OS/c1-11-28-18-5-3-15(9-19(18)29-11)30-21(26)17(10-27-30)20(31)14-6-12-2-4-16(8-13(12)7-14)32-22(23,24)25/h2-5,7-10H,6,26H2,1H3,(H,28,29). The Labute approximate surface area is 184 Å². The number of hydrogen-bond donors (Lipinski definition) is 2. The Hall–Kier alpha value is -3.53. The molecule has 1 aliphatic rings. The summed E-state index contributed by atoms with van der Waals surface area (Å²) in [7, 11) is 0. The number of nitrogens with two attached hydrogens (primary N) is 1. The van der Waals surface area contributed by atoms with Crippen molar-refractivity contribution in [3.63, 3.8) is 0 Å². The van der Waals surface area contributed by atoms with Gasteiger partial charge in [0.15, 0.2) is 5.78 Å². The molecule has 1 aliphatic carbocycles. The van der Waals surface area contributed by atoms with Gasteiger partial charge < -0.3 is 10.7 Å². The van der Waals surface area contributed by atoms with E-state index in [-0.39, 0.29) is 33.8 Å². The van der Waals surface area contributed by atoms with Crippen LogP contribution in [0.1, 0.15) is 27.3 Å². The fourth-order valence-electron chi connectivity index (χ4n) is 3.82. The molecule has 4 aromatic rings. The highest BCUT2D eigenvalue weighted by Gasteiger charge is 2.30. The van der Waals surface area contributed by atoms with Crippen molar-refractivity contribution in [3.8, 4) is 5.69 Å². The number of carbonyl (C=O) groups is 1. The molecule has 2 aromatic heterocycles. The third-order valence-electron chi connectivity index (χ3n) is 5.23. The normalized spacial score (nSPS) is 13.4. The number of hydrogen-bond acceptors (Lipinski definition) is 5. The number of aromatic nitrogens is 4. The van der Waals surface area contributed by atoms with Gasteiger partial charge in [0.25, 0.3) is 0 Å². The lowest BCUT2D eigenvalue weighted by molar-refractivity contribution is -0.0328. The van der Waals surface area contributed by atoms with Crippen molar-refractivity contribution in [2.45, 2.75) is 23.7 Å². The largest absolute Gasteiger partial charge is 0.446 e. The first-order valence-electron chi connectivity index (χ1n) is 9.62. The molecule has 0 aliphatic heterocycles. The number of aryl methyl sites for hydroxylation is 1.